The number of sulfone groups is 1. The first kappa shape index (κ1) is 26.6. The zero-order valence-electron chi connectivity index (χ0n) is 22.8. The Morgan fingerprint density at radius 3 is 2.45 bits per heavy atom. The SMILES string of the molecule is CN(C)c1cccc2c(S(=O)(=O)Cc3cccc(-c4cc5c(cc4F)c(=O)c4c(=O)[nH]sc4n5C4CC4)c3)cccc12. The van der Waals surface area contributed by atoms with Crippen LogP contribution in [0, 0.1) is 5.82 Å². The largest absolute Gasteiger partial charge is 0.377 e. The van der Waals surface area contributed by atoms with Gasteiger partial charge in [-0.25, -0.2) is 12.8 Å². The minimum atomic E-state index is -3.75. The summed E-state index contributed by atoms with van der Waals surface area (Å²) >= 11 is 1.12. The van der Waals surface area contributed by atoms with Crippen LogP contribution in [0.3, 0.4) is 0 Å². The lowest BCUT2D eigenvalue weighted by molar-refractivity contribution is 0.596. The van der Waals surface area contributed by atoms with Gasteiger partial charge in [-0.1, -0.05) is 48.5 Å². The van der Waals surface area contributed by atoms with E-state index >= 15 is 4.39 Å². The molecule has 10 heteroatoms. The quantitative estimate of drug-likeness (QED) is 0.245. The van der Waals surface area contributed by atoms with Crippen LogP contribution < -0.4 is 15.9 Å². The van der Waals surface area contributed by atoms with E-state index < -0.39 is 26.6 Å². The first-order valence-corrected chi connectivity index (χ1v) is 16.0. The number of aromatic amines is 1. The summed E-state index contributed by atoms with van der Waals surface area (Å²) < 4.78 is 47.7. The molecule has 0 amide bonds. The third-order valence-corrected chi connectivity index (χ3v) is 10.5. The highest BCUT2D eigenvalue weighted by atomic mass is 32.2. The first-order chi connectivity index (χ1) is 20.1. The van der Waals surface area contributed by atoms with Gasteiger partial charge >= 0.3 is 0 Å². The van der Waals surface area contributed by atoms with Crippen molar-refractivity contribution in [2.45, 2.75) is 29.5 Å². The first-order valence-electron chi connectivity index (χ1n) is 13.5. The molecule has 1 saturated carbocycles. The molecule has 1 N–H and O–H groups in total. The van der Waals surface area contributed by atoms with Gasteiger partial charge in [0.15, 0.2) is 9.84 Å². The molecule has 2 heterocycles. The van der Waals surface area contributed by atoms with Crippen molar-refractivity contribution >= 4 is 58.9 Å². The van der Waals surface area contributed by atoms with Gasteiger partial charge < -0.3 is 9.47 Å². The number of H-pyrrole nitrogens is 1. The van der Waals surface area contributed by atoms with Crippen LogP contribution in [0.25, 0.3) is 43.0 Å². The van der Waals surface area contributed by atoms with Crippen LogP contribution in [0.5, 0.6) is 0 Å². The molecule has 0 spiro atoms. The second-order valence-corrected chi connectivity index (χ2v) is 13.7. The van der Waals surface area contributed by atoms with Crippen molar-refractivity contribution in [2.75, 3.05) is 19.0 Å². The maximum absolute atomic E-state index is 15.6. The summed E-state index contributed by atoms with van der Waals surface area (Å²) in [6, 6.07) is 20.7. The number of nitrogens with zero attached hydrogens (tertiary/aromatic N) is 2. The summed E-state index contributed by atoms with van der Waals surface area (Å²) in [6.45, 7) is 0. The molecule has 212 valence electrons. The van der Waals surface area contributed by atoms with Gasteiger partial charge in [0.25, 0.3) is 5.56 Å². The summed E-state index contributed by atoms with van der Waals surface area (Å²) in [6.07, 6.45) is 1.81. The minimum Gasteiger partial charge on any atom is -0.377 e. The van der Waals surface area contributed by atoms with Crippen molar-refractivity contribution in [2.24, 2.45) is 0 Å². The van der Waals surface area contributed by atoms with E-state index in [4.69, 9.17) is 0 Å². The van der Waals surface area contributed by atoms with E-state index in [2.05, 4.69) is 4.37 Å². The number of pyridine rings is 1. The van der Waals surface area contributed by atoms with E-state index in [1.165, 1.54) is 6.07 Å². The van der Waals surface area contributed by atoms with Gasteiger partial charge in [0, 0.05) is 47.5 Å². The average Bonchev–Trinajstić information content (AvgIpc) is 3.73. The maximum atomic E-state index is 15.6. The van der Waals surface area contributed by atoms with E-state index in [0.717, 1.165) is 35.4 Å². The van der Waals surface area contributed by atoms with Crippen LogP contribution in [-0.2, 0) is 15.6 Å². The summed E-state index contributed by atoms with van der Waals surface area (Å²) in [5.74, 6) is -0.871. The fourth-order valence-corrected chi connectivity index (χ4v) is 8.32. The van der Waals surface area contributed by atoms with Crippen LogP contribution >= 0.6 is 11.5 Å². The number of nitrogens with one attached hydrogen (secondary N) is 1. The molecule has 0 radical (unpaired) electrons. The van der Waals surface area contributed by atoms with Crippen LogP contribution in [0.2, 0.25) is 0 Å². The van der Waals surface area contributed by atoms with E-state index in [-0.39, 0.29) is 33.0 Å². The van der Waals surface area contributed by atoms with Gasteiger partial charge in [-0.15, -0.1) is 0 Å². The Morgan fingerprint density at radius 1 is 0.952 bits per heavy atom. The standard InChI is InChI=1S/C32H26FN3O4S2/c1-35(2)26-10-4-9-22-21(26)8-5-11-28(22)42(39,40)17-18-6-3-7-19(14-18)23-16-27-24(15-25(23)33)30(37)29-31(38)34-41-32(29)36(27)20-12-13-20/h3-11,14-16,20H,12-13,17H2,1-2H3,(H,34,38). The van der Waals surface area contributed by atoms with Crippen LogP contribution in [0.4, 0.5) is 10.1 Å². The second kappa shape index (κ2) is 9.64. The predicted octanol–water partition coefficient (Wildman–Crippen LogP) is 6.24. The Kier molecular flexibility index (Phi) is 6.11. The molecule has 2 aromatic heterocycles. The number of hydrogen-bond acceptors (Lipinski definition) is 6. The molecule has 0 aliphatic heterocycles. The molecular formula is C32H26FN3O4S2. The molecule has 0 unspecified atom stereocenters. The molecule has 1 aliphatic carbocycles. The molecule has 1 fully saturated rings. The van der Waals surface area contributed by atoms with Crippen molar-refractivity contribution in [3.05, 3.63) is 105 Å². The lowest BCUT2D eigenvalue weighted by Crippen LogP contribution is -2.15. The number of rotatable bonds is 6. The number of fused-ring (bicyclic) bond motifs is 3. The summed E-state index contributed by atoms with van der Waals surface area (Å²) in [5.41, 5.74) is 1.83. The van der Waals surface area contributed by atoms with Crippen molar-refractivity contribution < 1.29 is 12.8 Å². The van der Waals surface area contributed by atoms with E-state index in [9.17, 15) is 18.0 Å². The molecule has 0 saturated heterocycles. The highest BCUT2D eigenvalue weighted by molar-refractivity contribution is 7.90. The van der Waals surface area contributed by atoms with Crippen molar-refractivity contribution in [1.82, 2.24) is 8.94 Å². The highest BCUT2D eigenvalue weighted by Crippen LogP contribution is 2.41. The minimum absolute atomic E-state index is 0.0601. The molecule has 1 aliphatic rings. The third-order valence-electron chi connectivity index (χ3n) is 7.90. The maximum Gasteiger partial charge on any atom is 0.271 e. The van der Waals surface area contributed by atoms with Crippen LogP contribution in [-0.4, -0.2) is 31.5 Å². The van der Waals surface area contributed by atoms with Crippen LogP contribution in [0.1, 0.15) is 24.4 Å². The monoisotopic (exact) mass is 599 g/mol. The van der Waals surface area contributed by atoms with Crippen molar-refractivity contribution in [1.29, 1.82) is 0 Å². The zero-order valence-corrected chi connectivity index (χ0v) is 24.5. The zero-order chi connectivity index (χ0) is 29.3. The van der Waals surface area contributed by atoms with E-state index in [1.807, 2.05) is 47.8 Å². The normalized spacial score (nSPS) is 13.8. The molecule has 7 nitrogen and oxygen atoms in total. The summed E-state index contributed by atoms with van der Waals surface area (Å²) in [4.78, 5) is 28.3. The Morgan fingerprint density at radius 2 is 1.69 bits per heavy atom. The topological polar surface area (TPSA) is 92.2 Å². The number of halogens is 1. The van der Waals surface area contributed by atoms with Crippen molar-refractivity contribution in [3.8, 4) is 11.1 Å². The number of anilines is 1. The van der Waals surface area contributed by atoms with Gasteiger partial charge in [0.2, 0.25) is 5.43 Å². The third kappa shape index (κ3) is 4.24. The molecule has 6 aromatic rings. The molecule has 4 aromatic carbocycles. The smallest absolute Gasteiger partial charge is 0.271 e. The Hall–Kier alpha value is -4.28. The lowest BCUT2D eigenvalue weighted by atomic mass is 10.0. The lowest BCUT2D eigenvalue weighted by Gasteiger charge is -2.17. The van der Waals surface area contributed by atoms with Gasteiger partial charge in [0.1, 0.15) is 16.0 Å². The number of benzene rings is 4. The average molecular weight is 600 g/mol. The van der Waals surface area contributed by atoms with Gasteiger partial charge in [-0.3, -0.25) is 14.0 Å². The Bertz CT molecular complexity index is 2300. The fourth-order valence-electron chi connectivity index (χ4n) is 5.82. The molecular weight excluding hydrogens is 574 g/mol. The predicted molar refractivity (Wildman–Crippen MR) is 167 cm³/mol. The van der Waals surface area contributed by atoms with E-state index in [0.29, 0.717) is 26.9 Å². The molecule has 7 rings (SSSR count). The van der Waals surface area contributed by atoms with Gasteiger partial charge in [-0.05, 0) is 59.8 Å². The number of aromatic nitrogens is 2. The molecule has 0 atom stereocenters. The van der Waals surface area contributed by atoms with Gasteiger partial charge in [0.05, 0.1) is 16.2 Å². The second-order valence-electron chi connectivity index (χ2n) is 11.0. The Labute approximate surface area is 244 Å². The number of hydrogen-bond donors (Lipinski definition) is 1. The Balaban J connectivity index is 1.33. The van der Waals surface area contributed by atoms with Crippen LogP contribution in [0.15, 0.2) is 87.3 Å². The fraction of sp³-hybridized carbons (Fsp3) is 0.188. The summed E-state index contributed by atoms with van der Waals surface area (Å²) in [5, 5.41) is 1.71. The molecule has 42 heavy (non-hydrogen) atoms. The van der Waals surface area contributed by atoms with Crippen molar-refractivity contribution in [3.63, 3.8) is 0 Å². The highest BCUT2D eigenvalue weighted by Gasteiger charge is 2.29. The molecule has 0 bridgehead atoms. The summed E-state index contributed by atoms with van der Waals surface area (Å²) in [7, 11) is 0.0804. The van der Waals surface area contributed by atoms with E-state index in [1.54, 1.807) is 42.5 Å². The van der Waals surface area contributed by atoms with Gasteiger partial charge in [-0.2, -0.15) is 0 Å².